The van der Waals surface area contributed by atoms with E-state index in [-0.39, 0.29) is 16.9 Å². The van der Waals surface area contributed by atoms with E-state index in [9.17, 15) is 4.79 Å². The molecule has 0 aliphatic carbocycles. The summed E-state index contributed by atoms with van der Waals surface area (Å²) in [7, 11) is 0. The molecular formula is C14H16N4OS. The first-order valence-corrected chi connectivity index (χ1v) is 6.64. The van der Waals surface area contributed by atoms with E-state index in [0.29, 0.717) is 5.82 Å². The number of H-pyrrole nitrogens is 1. The maximum Gasteiger partial charge on any atom is 0.234 e. The molecule has 2 unspecified atom stereocenters. The predicted octanol–water partition coefficient (Wildman–Crippen LogP) is 1.66. The highest BCUT2D eigenvalue weighted by atomic mass is 32.1. The van der Waals surface area contributed by atoms with Crippen LogP contribution in [-0.4, -0.2) is 20.9 Å². The van der Waals surface area contributed by atoms with Crippen LogP contribution in [0.3, 0.4) is 0 Å². The molecule has 0 saturated heterocycles. The topological polar surface area (TPSA) is 83.8 Å². The van der Waals surface area contributed by atoms with Crippen molar-refractivity contribution in [3.8, 4) is 0 Å². The molecule has 0 bridgehead atoms. The lowest BCUT2D eigenvalue weighted by Crippen LogP contribution is -2.37. The number of nitrogens with two attached hydrogens (primary N) is 1. The number of hydrogen-bond acceptors (Lipinski definition) is 3. The molecule has 1 aromatic carbocycles. The van der Waals surface area contributed by atoms with Gasteiger partial charge in [0.25, 0.3) is 0 Å². The number of hydrogen-bond donors (Lipinski definition) is 3. The number of aromatic nitrogens is 2. The smallest absolute Gasteiger partial charge is 0.234 e. The lowest BCUT2D eigenvalue weighted by atomic mass is 9.98. The van der Waals surface area contributed by atoms with Gasteiger partial charge < -0.3 is 16.0 Å². The molecule has 5 nitrogen and oxygen atoms in total. The van der Waals surface area contributed by atoms with Crippen molar-refractivity contribution in [2.45, 2.75) is 18.9 Å². The van der Waals surface area contributed by atoms with E-state index >= 15 is 0 Å². The molecule has 2 rings (SSSR count). The number of carbonyl (C=O) groups excluding carboxylic acids is 1. The third kappa shape index (κ3) is 3.21. The summed E-state index contributed by atoms with van der Waals surface area (Å²) in [5, 5.41) is 2.86. The van der Waals surface area contributed by atoms with Crippen LogP contribution < -0.4 is 11.1 Å². The summed E-state index contributed by atoms with van der Waals surface area (Å²) in [5.41, 5.74) is 6.49. The highest BCUT2D eigenvalue weighted by Gasteiger charge is 2.25. The van der Waals surface area contributed by atoms with Gasteiger partial charge in [-0.25, -0.2) is 4.98 Å². The van der Waals surface area contributed by atoms with Crippen LogP contribution in [-0.2, 0) is 4.79 Å². The van der Waals surface area contributed by atoms with E-state index in [0.717, 1.165) is 5.56 Å². The van der Waals surface area contributed by atoms with E-state index in [1.165, 1.54) is 0 Å². The predicted molar refractivity (Wildman–Crippen MR) is 81.1 cm³/mol. The Labute approximate surface area is 122 Å². The van der Waals surface area contributed by atoms with Crippen LogP contribution in [0.25, 0.3) is 0 Å². The van der Waals surface area contributed by atoms with Gasteiger partial charge in [0.1, 0.15) is 11.7 Å². The monoisotopic (exact) mass is 288 g/mol. The Balaban J connectivity index is 2.14. The summed E-state index contributed by atoms with van der Waals surface area (Å²) in [6.45, 7) is 1.85. The lowest BCUT2D eigenvalue weighted by Gasteiger charge is -2.18. The van der Waals surface area contributed by atoms with Gasteiger partial charge in [0, 0.05) is 12.4 Å². The second-order valence-corrected chi connectivity index (χ2v) is 4.92. The zero-order valence-electron chi connectivity index (χ0n) is 11.0. The van der Waals surface area contributed by atoms with E-state index in [4.69, 9.17) is 18.0 Å². The molecule has 20 heavy (non-hydrogen) atoms. The molecule has 0 aliphatic rings. The number of thiocarbonyl (C=S) groups is 1. The van der Waals surface area contributed by atoms with Crippen LogP contribution in [0, 0.1) is 0 Å². The molecule has 0 aliphatic heterocycles. The first-order valence-electron chi connectivity index (χ1n) is 6.23. The number of rotatable bonds is 5. The standard InChI is InChI=1S/C14H16N4OS/c1-9(13-16-7-8-17-13)18-14(19)11(12(15)20)10-5-3-2-4-6-10/h2-9,11H,1H3,(H2,15,20)(H,16,17)(H,18,19). The van der Waals surface area contributed by atoms with E-state index in [2.05, 4.69) is 15.3 Å². The van der Waals surface area contributed by atoms with Crippen molar-refractivity contribution in [1.82, 2.24) is 15.3 Å². The van der Waals surface area contributed by atoms with Gasteiger partial charge in [-0.3, -0.25) is 4.79 Å². The zero-order valence-corrected chi connectivity index (χ0v) is 11.9. The Morgan fingerprint density at radius 1 is 1.40 bits per heavy atom. The summed E-state index contributed by atoms with van der Waals surface area (Å²) >= 11 is 5.02. The van der Waals surface area contributed by atoms with Crippen molar-refractivity contribution in [2.24, 2.45) is 5.73 Å². The van der Waals surface area contributed by atoms with Crippen LogP contribution in [0.1, 0.15) is 30.3 Å². The van der Waals surface area contributed by atoms with Gasteiger partial charge in [0.15, 0.2) is 0 Å². The number of amides is 1. The maximum atomic E-state index is 12.4. The molecule has 2 aromatic rings. The van der Waals surface area contributed by atoms with E-state index in [1.54, 1.807) is 12.4 Å². The molecule has 6 heteroatoms. The van der Waals surface area contributed by atoms with Gasteiger partial charge in [-0.05, 0) is 12.5 Å². The fourth-order valence-corrected chi connectivity index (χ4v) is 2.21. The van der Waals surface area contributed by atoms with Crippen molar-refractivity contribution in [2.75, 3.05) is 0 Å². The van der Waals surface area contributed by atoms with Gasteiger partial charge >= 0.3 is 0 Å². The summed E-state index contributed by atoms with van der Waals surface area (Å²) in [6, 6.07) is 9.01. The maximum absolute atomic E-state index is 12.4. The Hall–Kier alpha value is -2.21. The number of nitrogens with zero attached hydrogens (tertiary/aromatic N) is 1. The van der Waals surface area contributed by atoms with Crippen LogP contribution in [0.2, 0.25) is 0 Å². The molecule has 1 heterocycles. The Morgan fingerprint density at radius 2 is 2.10 bits per heavy atom. The first kappa shape index (κ1) is 14.2. The zero-order chi connectivity index (χ0) is 14.5. The van der Waals surface area contributed by atoms with Crippen molar-refractivity contribution in [1.29, 1.82) is 0 Å². The Kier molecular flexibility index (Phi) is 4.47. The fourth-order valence-electron chi connectivity index (χ4n) is 1.97. The minimum absolute atomic E-state index is 0.153. The normalized spacial score (nSPS) is 13.4. The summed E-state index contributed by atoms with van der Waals surface area (Å²) in [6.07, 6.45) is 3.35. The highest BCUT2D eigenvalue weighted by Crippen LogP contribution is 2.18. The number of aromatic amines is 1. The highest BCUT2D eigenvalue weighted by molar-refractivity contribution is 7.80. The minimum Gasteiger partial charge on any atom is -0.392 e. The third-order valence-electron chi connectivity index (χ3n) is 2.97. The summed E-state index contributed by atoms with van der Waals surface area (Å²) in [4.78, 5) is 19.6. The van der Waals surface area contributed by atoms with Crippen LogP contribution in [0.4, 0.5) is 0 Å². The molecular weight excluding hydrogens is 272 g/mol. The van der Waals surface area contributed by atoms with Crippen LogP contribution >= 0.6 is 12.2 Å². The second kappa shape index (κ2) is 6.29. The van der Waals surface area contributed by atoms with Crippen molar-refractivity contribution in [3.63, 3.8) is 0 Å². The van der Waals surface area contributed by atoms with Crippen molar-refractivity contribution >= 4 is 23.1 Å². The first-order chi connectivity index (χ1) is 9.59. The van der Waals surface area contributed by atoms with Gasteiger partial charge in [0.2, 0.25) is 5.91 Å². The molecule has 0 radical (unpaired) electrons. The SMILES string of the molecule is CC(NC(=O)C(C(N)=S)c1ccccc1)c1ncc[nH]1. The molecule has 0 saturated carbocycles. The van der Waals surface area contributed by atoms with E-state index < -0.39 is 5.92 Å². The molecule has 104 valence electrons. The summed E-state index contributed by atoms with van der Waals surface area (Å²) < 4.78 is 0. The number of benzene rings is 1. The van der Waals surface area contributed by atoms with E-state index in [1.807, 2.05) is 37.3 Å². The molecule has 0 spiro atoms. The van der Waals surface area contributed by atoms with Gasteiger partial charge in [0.05, 0.1) is 11.0 Å². The Bertz CT molecular complexity index is 582. The van der Waals surface area contributed by atoms with Gasteiger partial charge in [-0.1, -0.05) is 42.5 Å². The van der Waals surface area contributed by atoms with Gasteiger partial charge in [-0.15, -0.1) is 0 Å². The van der Waals surface area contributed by atoms with Crippen molar-refractivity contribution < 1.29 is 4.79 Å². The second-order valence-electron chi connectivity index (χ2n) is 4.45. The average molecular weight is 288 g/mol. The summed E-state index contributed by atoms with van der Waals surface area (Å²) in [5.74, 6) is -0.177. The molecule has 2 atom stereocenters. The van der Waals surface area contributed by atoms with Crippen LogP contribution in [0.15, 0.2) is 42.7 Å². The lowest BCUT2D eigenvalue weighted by molar-refractivity contribution is -0.121. The fraction of sp³-hybridized carbons (Fsp3) is 0.214. The van der Waals surface area contributed by atoms with Gasteiger partial charge in [-0.2, -0.15) is 0 Å². The number of imidazole rings is 1. The minimum atomic E-state index is -0.636. The quantitative estimate of drug-likeness (QED) is 0.731. The molecule has 0 fully saturated rings. The molecule has 4 N–H and O–H groups in total. The Morgan fingerprint density at radius 3 is 2.65 bits per heavy atom. The number of nitrogens with one attached hydrogen (secondary N) is 2. The number of carbonyl (C=O) groups is 1. The van der Waals surface area contributed by atoms with Crippen LogP contribution in [0.5, 0.6) is 0 Å². The molecule has 1 amide bonds. The largest absolute Gasteiger partial charge is 0.392 e. The molecule has 1 aromatic heterocycles. The third-order valence-corrected chi connectivity index (χ3v) is 3.20. The van der Waals surface area contributed by atoms with Crippen molar-refractivity contribution in [3.05, 3.63) is 54.1 Å². The average Bonchev–Trinajstić information content (AvgIpc) is 2.93.